The molecule has 2 N–H and O–H groups in total. The van der Waals surface area contributed by atoms with Crippen LogP contribution < -0.4 is 10.6 Å². The van der Waals surface area contributed by atoms with E-state index in [2.05, 4.69) is 20.7 Å². The Kier molecular flexibility index (Phi) is 4.37. The zero-order chi connectivity index (χ0) is 19.0. The van der Waals surface area contributed by atoms with Crippen LogP contribution in [-0.4, -0.2) is 20.7 Å². The van der Waals surface area contributed by atoms with Gasteiger partial charge in [0.15, 0.2) is 0 Å². The lowest BCUT2D eigenvalue weighted by molar-refractivity contribution is -0.113. The predicted octanol–water partition coefficient (Wildman–Crippen LogP) is 4.00. The first-order valence-electron chi connectivity index (χ1n) is 8.22. The number of nitrogens with zero attached hydrogens (tertiary/aromatic N) is 3. The summed E-state index contributed by atoms with van der Waals surface area (Å²) in [6, 6.07) is 12.3. The Morgan fingerprint density at radius 3 is 2.78 bits per heavy atom. The number of rotatable bonds is 3. The molecule has 6 nitrogen and oxygen atoms in total. The summed E-state index contributed by atoms with van der Waals surface area (Å²) >= 11 is 5.90. The highest BCUT2D eigenvalue weighted by Gasteiger charge is 2.33. The summed E-state index contributed by atoms with van der Waals surface area (Å²) in [7, 11) is 0. The van der Waals surface area contributed by atoms with Gasteiger partial charge in [-0.2, -0.15) is 10.1 Å². The maximum atomic E-state index is 13.8. The lowest BCUT2D eigenvalue weighted by Gasteiger charge is -2.28. The fraction of sp³-hybridized carbons (Fsp3) is 0.105. The van der Waals surface area contributed by atoms with Gasteiger partial charge in [0.25, 0.3) is 5.91 Å². The number of nitrogens with one attached hydrogen (secondary N) is 2. The van der Waals surface area contributed by atoms with Crippen LogP contribution in [0.5, 0.6) is 0 Å². The van der Waals surface area contributed by atoms with Crippen molar-refractivity contribution in [2.75, 3.05) is 10.6 Å². The minimum Gasteiger partial charge on any atom is -0.328 e. The maximum Gasteiger partial charge on any atom is 0.255 e. The van der Waals surface area contributed by atoms with Gasteiger partial charge >= 0.3 is 0 Å². The van der Waals surface area contributed by atoms with Crippen molar-refractivity contribution in [3.63, 3.8) is 0 Å². The molecule has 0 radical (unpaired) electrons. The number of fused-ring (bicyclic) bond motifs is 1. The van der Waals surface area contributed by atoms with Crippen molar-refractivity contribution in [1.82, 2.24) is 14.8 Å². The molecule has 0 unspecified atom stereocenters. The van der Waals surface area contributed by atoms with E-state index < -0.39 is 6.04 Å². The molecule has 3 aromatic rings. The topological polar surface area (TPSA) is 71.8 Å². The zero-order valence-corrected chi connectivity index (χ0v) is 15.0. The molecular formula is C19H15ClFN5O. The van der Waals surface area contributed by atoms with Gasteiger partial charge in [-0.05, 0) is 48.9 Å². The molecule has 8 heteroatoms. The van der Waals surface area contributed by atoms with E-state index in [1.165, 1.54) is 18.5 Å². The minimum atomic E-state index is -0.605. The Morgan fingerprint density at radius 2 is 2.04 bits per heavy atom. The van der Waals surface area contributed by atoms with Gasteiger partial charge in [-0.1, -0.05) is 23.7 Å². The molecule has 0 spiro atoms. The van der Waals surface area contributed by atoms with Crippen molar-refractivity contribution in [3.05, 3.63) is 82.5 Å². The molecule has 4 rings (SSSR count). The van der Waals surface area contributed by atoms with E-state index in [1.54, 1.807) is 48.0 Å². The molecule has 2 heterocycles. The Labute approximate surface area is 159 Å². The summed E-state index contributed by atoms with van der Waals surface area (Å²) in [4.78, 5) is 17.2. The lowest BCUT2D eigenvalue weighted by Crippen LogP contribution is -2.31. The summed E-state index contributed by atoms with van der Waals surface area (Å²) in [6.07, 6.45) is 1.39. The third-order valence-electron chi connectivity index (χ3n) is 4.31. The molecule has 1 atom stereocenters. The number of benzene rings is 2. The van der Waals surface area contributed by atoms with Crippen molar-refractivity contribution in [1.29, 1.82) is 0 Å². The van der Waals surface area contributed by atoms with Crippen molar-refractivity contribution in [3.8, 4) is 0 Å². The van der Waals surface area contributed by atoms with Crippen LogP contribution in [0.25, 0.3) is 0 Å². The van der Waals surface area contributed by atoms with Crippen molar-refractivity contribution in [2.45, 2.75) is 13.0 Å². The molecule has 0 bridgehead atoms. The third-order valence-corrected chi connectivity index (χ3v) is 4.56. The van der Waals surface area contributed by atoms with Crippen LogP contribution in [0.3, 0.4) is 0 Å². The van der Waals surface area contributed by atoms with Crippen molar-refractivity contribution < 1.29 is 9.18 Å². The van der Waals surface area contributed by atoms with Gasteiger partial charge in [-0.25, -0.2) is 9.07 Å². The van der Waals surface area contributed by atoms with Gasteiger partial charge in [-0.15, -0.1) is 0 Å². The summed E-state index contributed by atoms with van der Waals surface area (Å²) in [5.41, 5.74) is 2.25. The van der Waals surface area contributed by atoms with E-state index >= 15 is 0 Å². The Morgan fingerprint density at radius 1 is 1.26 bits per heavy atom. The van der Waals surface area contributed by atoms with E-state index in [0.717, 1.165) is 0 Å². The molecule has 27 heavy (non-hydrogen) atoms. The molecular weight excluding hydrogens is 369 g/mol. The third kappa shape index (κ3) is 3.29. The Balaban J connectivity index is 1.76. The molecule has 1 aliphatic rings. The number of allylic oxidation sites excluding steroid dienone is 1. The molecule has 1 aliphatic heterocycles. The summed E-state index contributed by atoms with van der Waals surface area (Å²) in [5.74, 6) is -0.217. The van der Waals surface area contributed by atoms with Gasteiger partial charge in [0.1, 0.15) is 18.2 Å². The number of carbonyl (C=O) groups is 1. The van der Waals surface area contributed by atoms with Crippen LogP contribution in [0, 0.1) is 5.82 Å². The zero-order valence-electron chi connectivity index (χ0n) is 14.3. The molecule has 0 fully saturated rings. The second-order valence-corrected chi connectivity index (χ2v) is 6.55. The van der Waals surface area contributed by atoms with Crippen LogP contribution in [0.15, 0.2) is 66.1 Å². The van der Waals surface area contributed by atoms with Crippen LogP contribution in [-0.2, 0) is 4.79 Å². The standard InChI is InChI=1S/C19H15ClFN5O/c1-11-16(18(27)25-15-7-5-13(20)6-8-15)17(12-3-2-4-14(21)9-12)26-19(24-11)22-10-23-26/h2-10,17H,1H3,(H,25,27)(H,22,23,24)/t17-/m1/s1. The van der Waals surface area contributed by atoms with E-state index in [9.17, 15) is 9.18 Å². The predicted molar refractivity (Wildman–Crippen MR) is 101 cm³/mol. The second kappa shape index (κ2) is 6.85. The highest BCUT2D eigenvalue weighted by molar-refractivity contribution is 6.30. The molecule has 0 aliphatic carbocycles. The van der Waals surface area contributed by atoms with Crippen LogP contribution in [0.1, 0.15) is 18.5 Å². The molecule has 0 saturated carbocycles. The van der Waals surface area contributed by atoms with E-state index in [0.29, 0.717) is 33.5 Å². The van der Waals surface area contributed by atoms with Crippen LogP contribution in [0.2, 0.25) is 5.02 Å². The number of carbonyl (C=O) groups excluding carboxylic acids is 1. The molecule has 0 saturated heterocycles. The largest absolute Gasteiger partial charge is 0.328 e. The second-order valence-electron chi connectivity index (χ2n) is 6.11. The Hall–Kier alpha value is -3.19. The average molecular weight is 384 g/mol. The van der Waals surface area contributed by atoms with Crippen molar-refractivity contribution >= 4 is 29.1 Å². The van der Waals surface area contributed by atoms with Gasteiger partial charge in [-0.3, -0.25) is 4.79 Å². The van der Waals surface area contributed by atoms with Gasteiger partial charge in [0, 0.05) is 16.4 Å². The van der Waals surface area contributed by atoms with Gasteiger partial charge in [0.05, 0.1) is 5.57 Å². The molecule has 1 amide bonds. The summed E-state index contributed by atoms with van der Waals surface area (Å²) in [6.45, 7) is 1.78. The number of anilines is 2. The molecule has 1 aromatic heterocycles. The quantitative estimate of drug-likeness (QED) is 0.717. The van der Waals surface area contributed by atoms with Crippen LogP contribution in [0.4, 0.5) is 16.0 Å². The number of halogens is 2. The van der Waals surface area contributed by atoms with E-state index in [-0.39, 0.29) is 11.7 Å². The number of amides is 1. The normalized spacial score (nSPS) is 15.9. The molecule has 2 aromatic carbocycles. The highest BCUT2D eigenvalue weighted by atomic mass is 35.5. The monoisotopic (exact) mass is 383 g/mol. The van der Waals surface area contributed by atoms with E-state index in [1.807, 2.05) is 0 Å². The molecule has 136 valence electrons. The Bertz CT molecular complexity index is 1040. The number of hydrogen-bond donors (Lipinski definition) is 2. The lowest BCUT2D eigenvalue weighted by atomic mass is 9.95. The smallest absolute Gasteiger partial charge is 0.255 e. The average Bonchev–Trinajstić information content (AvgIpc) is 3.10. The van der Waals surface area contributed by atoms with Gasteiger partial charge in [0.2, 0.25) is 5.95 Å². The first kappa shape index (κ1) is 17.2. The SMILES string of the molecule is CC1=C(C(=O)Nc2ccc(Cl)cc2)[C@@H](c2cccc(F)c2)n2ncnc2N1. The van der Waals surface area contributed by atoms with Crippen molar-refractivity contribution in [2.24, 2.45) is 0 Å². The fourth-order valence-electron chi connectivity index (χ4n) is 3.10. The van der Waals surface area contributed by atoms with Gasteiger partial charge < -0.3 is 10.6 Å². The van der Waals surface area contributed by atoms with E-state index in [4.69, 9.17) is 11.6 Å². The first-order valence-corrected chi connectivity index (χ1v) is 8.60. The first-order chi connectivity index (χ1) is 13.0. The maximum absolute atomic E-state index is 13.8. The number of aromatic nitrogens is 3. The minimum absolute atomic E-state index is 0.322. The van der Waals surface area contributed by atoms with Crippen LogP contribution >= 0.6 is 11.6 Å². The fourth-order valence-corrected chi connectivity index (χ4v) is 3.23. The summed E-state index contributed by atoms with van der Waals surface area (Å²) < 4.78 is 15.4. The number of hydrogen-bond acceptors (Lipinski definition) is 4. The highest BCUT2D eigenvalue weighted by Crippen LogP contribution is 2.35. The summed E-state index contributed by atoms with van der Waals surface area (Å²) in [5, 5.41) is 10.7.